The van der Waals surface area contributed by atoms with Crippen LogP contribution in [0.4, 0.5) is 4.39 Å². The highest BCUT2D eigenvalue weighted by Crippen LogP contribution is 2.27. The number of nitrogens with one attached hydrogen (secondary N) is 1. The summed E-state index contributed by atoms with van der Waals surface area (Å²) in [5.41, 5.74) is 1.32. The van der Waals surface area contributed by atoms with Crippen molar-refractivity contribution in [2.75, 3.05) is 26.4 Å². The number of halogens is 1. The number of hydrogen-bond donors (Lipinski definition) is 1. The van der Waals surface area contributed by atoms with E-state index >= 15 is 0 Å². The summed E-state index contributed by atoms with van der Waals surface area (Å²) in [5.74, 6) is 1.41. The van der Waals surface area contributed by atoms with Crippen molar-refractivity contribution in [3.05, 3.63) is 29.8 Å². The van der Waals surface area contributed by atoms with Crippen molar-refractivity contribution in [2.45, 2.75) is 18.8 Å². The summed E-state index contributed by atoms with van der Waals surface area (Å²) < 4.78 is 17.3. The highest BCUT2D eigenvalue weighted by Gasteiger charge is 2.15. The quantitative estimate of drug-likeness (QED) is 0.846. The monoisotopic (exact) mass is 223 g/mol. The maximum absolute atomic E-state index is 12.0. The van der Waals surface area contributed by atoms with E-state index in [1.54, 1.807) is 0 Å². The minimum absolute atomic E-state index is 0.148. The van der Waals surface area contributed by atoms with E-state index in [4.69, 9.17) is 4.74 Å². The van der Waals surface area contributed by atoms with E-state index in [0.717, 1.165) is 18.8 Å². The van der Waals surface area contributed by atoms with Crippen LogP contribution >= 0.6 is 0 Å². The minimum Gasteiger partial charge on any atom is -0.491 e. The first-order chi connectivity index (χ1) is 7.90. The van der Waals surface area contributed by atoms with Gasteiger partial charge >= 0.3 is 0 Å². The van der Waals surface area contributed by atoms with Gasteiger partial charge in [-0.15, -0.1) is 0 Å². The number of ether oxygens (including phenoxy) is 1. The van der Waals surface area contributed by atoms with Gasteiger partial charge in [0.2, 0.25) is 0 Å². The number of alkyl halides is 1. The second kappa shape index (κ2) is 5.85. The van der Waals surface area contributed by atoms with Crippen LogP contribution in [-0.2, 0) is 0 Å². The third-order valence-corrected chi connectivity index (χ3v) is 3.01. The Morgan fingerprint density at radius 2 is 2.12 bits per heavy atom. The van der Waals surface area contributed by atoms with Crippen LogP contribution in [0.3, 0.4) is 0 Å². The summed E-state index contributed by atoms with van der Waals surface area (Å²) in [4.78, 5) is 0. The number of benzene rings is 1. The Morgan fingerprint density at radius 3 is 2.88 bits per heavy atom. The zero-order valence-corrected chi connectivity index (χ0v) is 9.42. The number of hydrogen-bond acceptors (Lipinski definition) is 2. The Bertz CT molecular complexity index is 323. The molecule has 2 rings (SSSR count). The van der Waals surface area contributed by atoms with Gasteiger partial charge in [-0.1, -0.05) is 12.1 Å². The van der Waals surface area contributed by atoms with Crippen molar-refractivity contribution in [1.29, 1.82) is 0 Å². The maximum atomic E-state index is 12.0. The van der Waals surface area contributed by atoms with Crippen LogP contribution in [-0.4, -0.2) is 26.4 Å². The molecule has 1 fully saturated rings. The summed E-state index contributed by atoms with van der Waals surface area (Å²) >= 11 is 0. The van der Waals surface area contributed by atoms with Gasteiger partial charge in [0, 0.05) is 0 Å². The lowest BCUT2D eigenvalue weighted by Gasteiger charge is -2.23. The Kier molecular flexibility index (Phi) is 4.17. The molecule has 88 valence electrons. The smallest absolute Gasteiger partial charge is 0.123 e. The highest BCUT2D eigenvalue weighted by molar-refractivity contribution is 5.31. The molecule has 0 aromatic heterocycles. The highest BCUT2D eigenvalue weighted by atomic mass is 19.1. The molecule has 0 unspecified atom stereocenters. The molecule has 0 amide bonds. The molecule has 1 aromatic carbocycles. The average Bonchev–Trinajstić information content (AvgIpc) is 2.38. The third-order valence-electron chi connectivity index (χ3n) is 3.01. The summed E-state index contributed by atoms with van der Waals surface area (Å²) in [5, 5.41) is 3.35. The molecule has 0 saturated carbocycles. The topological polar surface area (TPSA) is 21.3 Å². The molecule has 1 aliphatic heterocycles. The van der Waals surface area contributed by atoms with Crippen molar-refractivity contribution in [2.24, 2.45) is 0 Å². The Hall–Kier alpha value is -1.09. The maximum Gasteiger partial charge on any atom is 0.123 e. The van der Waals surface area contributed by atoms with Crippen LogP contribution in [0.5, 0.6) is 5.75 Å². The Morgan fingerprint density at radius 1 is 1.31 bits per heavy atom. The fourth-order valence-electron chi connectivity index (χ4n) is 2.17. The lowest BCUT2D eigenvalue weighted by atomic mass is 9.90. The fraction of sp³-hybridized carbons (Fsp3) is 0.538. The van der Waals surface area contributed by atoms with Crippen molar-refractivity contribution in [1.82, 2.24) is 5.32 Å². The molecule has 0 radical (unpaired) electrons. The van der Waals surface area contributed by atoms with Gasteiger partial charge in [-0.2, -0.15) is 0 Å². The van der Waals surface area contributed by atoms with E-state index in [1.165, 1.54) is 18.4 Å². The van der Waals surface area contributed by atoms with Crippen LogP contribution in [0.25, 0.3) is 0 Å². The van der Waals surface area contributed by atoms with Crippen molar-refractivity contribution < 1.29 is 9.13 Å². The summed E-state index contributed by atoms with van der Waals surface area (Å²) in [6.07, 6.45) is 2.35. The predicted octanol–water partition coefficient (Wildman–Crippen LogP) is 2.50. The van der Waals surface area contributed by atoms with Gasteiger partial charge in [-0.25, -0.2) is 4.39 Å². The molecule has 1 aliphatic rings. The first-order valence-corrected chi connectivity index (χ1v) is 5.89. The molecule has 1 aromatic rings. The fourth-order valence-corrected chi connectivity index (χ4v) is 2.17. The SMILES string of the molecule is FCCOc1cccc(C2CCNCC2)c1. The molecule has 3 heteroatoms. The van der Waals surface area contributed by atoms with Crippen LogP contribution in [0.2, 0.25) is 0 Å². The zero-order valence-electron chi connectivity index (χ0n) is 9.42. The molecule has 0 aliphatic carbocycles. The molecule has 0 atom stereocenters. The molecule has 2 nitrogen and oxygen atoms in total. The molecular weight excluding hydrogens is 205 g/mol. The van der Waals surface area contributed by atoms with Crippen LogP contribution in [0.15, 0.2) is 24.3 Å². The molecule has 16 heavy (non-hydrogen) atoms. The van der Waals surface area contributed by atoms with Gasteiger partial charge < -0.3 is 10.1 Å². The van der Waals surface area contributed by atoms with Gasteiger partial charge in [-0.3, -0.25) is 0 Å². The zero-order chi connectivity index (χ0) is 11.2. The Labute approximate surface area is 95.8 Å². The lowest BCUT2D eigenvalue weighted by molar-refractivity contribution is 0.273. The lowest BCUT2D eigenvalue weighted by Crippen LogP contribution is -2.26. The van der Waals surface area contributed by atoms with E-state index in [2.05, 4.69) is 11.4 Å². The van der Waals surface area contributed by atoms with Gasteiger partial charge in [0.05, 0.1) is 0 Å². The first-order valence-electron chi connectivity index (χ1n) is 5.89. The number of rotatable bonds is 4. The first kappa shape index (κ1) is 11.4. The van der Waals surface area contributed by atoms with E-state index in [-0.39, 0.29) is 6.61 Å². The molecule has 1 N–H and O–H groups in total. The molecule has 1 heterocycles. The van der Waals surface area contributed by atoms with Gasteiger partial charge in [0.1, 0.15) is 19.0 Å². The molecule has 1 saturated heterocycles. The van der Waals surface area contributed by atoms with Crippen molar-refractivity contribution in [3.63, 3.8) is 0 Å². The van der Waals surface area contributed by atoms with Gasteiger partial charge in [0.15, 0.2) is 0 Å². The predicted molar refractivity (Wildman–Crippen MR) is 62.8 cm³/mol. The minimum atomic E-state index is -0.433. The summed E-state index contributed by atoms with van der Waals surface area (Å²) in [7, 11) is 0. The van der Waals surface area contributed by atoms with Crippen molar-refractivity contribution in [3.8, 4) is 5.75 Å². The second-order valence-corrected chi connectivity index (χ2v) is 4.13. The standard InChI is InChI=1S/C13H18FNO/c14-6-9-16-13-3-1-2-12(10-13)11-4-7-15-8-5-11/h1-3,10-11,15H,4-9H2. The largest absolute Gasteiger partial charge is 0.491 e. The molecule has 0 bridgehead atoms. The van der Waals surface area contributed by atoms with Crippen molar-refractivity contribution >= 4 is 0 Å². The van der Waals surface area contributed by atoms with Crippen LogP contribution < -0.4 is 10.1 Å². The van der Waals surface area contributed by atoms with E-state index in [9.17, 15) is 4.39 Å². The van der Waals surface area contributed by atoms with Gasteiger partial charge in [-0.05, 0) is 49.5 Å². The second-order valence-electron chi connectivity index (χ2n) is 4.13. The van der Waals surface area contributed by atoms with E-state index < -0.39 is 6.67 Å². The van der Waals surface area contributed by atoms with Crippen LogP contribution in [0.1, 0.15) is 24.3 Å². The molecule has 0 spiro atoms. The third kappa shape index (κ3) is 2.95. The molecular formula is C13H18FNO. The average molecular weight is 223 g/mol. The number of piperidine rings is 1. The van der Waals surface area contributed by atoms with Gasteiger partial charge in [0.25, 0.3) is 0 Å². The summed E-state index contributed by atoms with van der Waals surface area (Å²) in [6, 6.07) is 8.06. The Balaban J connectivity index is 2.02. The normalized spacial score (nSPS) is 17.3. The van der Waals surface area contributed by atoms with E-state index in [1.807, 2.05) is 18.2 Å². The van der Waals surface area contributed by atoms with Crippen LogP contribution in [0, 0.1) is 0 Å². The van der Waals surface area contributed by atoms with E-state index in [0.29, 0.717) is 5.92 Å². The summed E-state index contributed by atoms with van der Waals surface area (Å²) in [6.45, 7) is 1.88.